The maximum Gasteiger partial charge on any atom is 0.254 e. The van der Waals surface area contributed by atoms with Crippen molar-refractivity contribution in [2.45, 2.75) is 18.6 Å². The smallest absolute Gasteiger partial charge is 0.254 e. The SMILES string of the molecule is O=C(c1cccc(Nc2ncccn2)c1)N1C[C@@H]2OCC(=O)N(CCc3ccccc3)[C@H]2C1. The van der Waals surface area contributed by atoms with E-state index in [-0.39, 0.29) is 30.6 Å². The van der Waals surface area contributed by atoms with Crippen LogP contribution in [-0.2, 0) is 16.0 Å². The number of rotatable bonds is 6. The Hall–Kier alpha value is -3.78. The van der Waals surface area contributed by atoms with Gasteiger partial charge in [-0.25, -0.2) is 9.97 Å². The molecule has 0 aliphatic carbocycles. The standard InChI is InChI=1S/C25H25N5O3/c31-23-17-33-22-16-29(15-21(22)30(23)13-10-18-6-2-1-3-7-18)24(32)19-8-4-9-20(14-19)28-25-26-11-5-12-27-25/h1-9,11-12,14,21-22H,10,13,15-17H2,(H,26,27,28)/t21-,22-/m0/s1. The van der Waals surface area contributed by atoms with Crippen LogP contribution in [-0.4, -0.2) is 70.0 Å². The van der Waals surface area contributed by atoms with E-state index in [1.165, 1.54) is 5.56 Å². The van der Waals surface area contributed by atoms with E-state index < -0.39 is 0 Å². The molecule has 33 heavy (non-hydrogen) atoms. The molecule has 168 valence electrons. The average Bonchev–Trinajstić information content (AvgIpc) is 3.29. The number of carbonyl (C=O) groups is 2. The van der Waals surface area contributed by atoms with Gasteiger partial charge in [0.2, 0.25) is 11.9 Å². The minimum atomic E-state index is -0.165. The van der Waals surface area contributed by atoms with Crippen molar-refractivity contribution in [1.82, 2.24) is 19.8 Å². The zero-order valence-electron chi connectivity index (χ0n) is 18.1. The highest BCUT2D eigenvalue weighted by molar-refractivity contribution is 5.95. The van der Waals surface area contributed by atoms with Crippen LogP contribution in [0, 0.1) is 0 Å². The van der Waals surface area contributed by atoms with Crippen LogP contribution in [0.3, 0.4) is 0 Å². The molecule has 3 heterocycles. The van der Waals surface area contributed by atoms with Crippen molar-refractivity contribution in [1.29, 1.82) is 0 Å². The topological polar surface area (TPSA) is 87.7 Å². The molecule has 0 radical (unpaired) electrons. The van der Waals surface area contributed by atoms with Gasteiger partial charge in [-0.1, -0.05) is 36.4 Å². The van der Waals surface area contributed by atoms with Crippen molar-refractivity contribution in [2.75, 3.05) is 31.6 Å². The van der Waals surface area contributed by atoms with Crippen molar-refractivity contribution in [3.05, 3.63) is 84.2 Å². The molecule has 2 saturated heterocycles. The first kappa shape index (κ1) is 21.1. The summed E-state index contributed by atoms with van der Waals surface area (Å²) in [6.07, 6.45) is 3.92. The molecular weight excluding hydrogens is 418 g/mol. The predicted octanol–water partition coefficient (Wildman–Crippen LogP) is 2.51. The maximum atomic E-state index is 13.3. The lowest BCUT2D eigenvalue weighted by molar-refractivity contribution is -0.152. The Morgan fingerprint density at radius 1 is 1.03 bits per heavy atom. The van der Waals surface area contributed by atoms with Gasteiger partial charge >= 0.3 is 0 Å². The highest BCUT2D eigenvalue weighted by atomic mass is 16.5. The first-order valence-electron chi connectivity index (χ1n) is 11.1. The number of nitrogens with zero attached hydrogens (tertiary/aromatic N) is 4. The molecule has 1 N–H and O–H groups in total. The Kier molecular flexibility index (Phi) is 5.99. The van der Waals surface area contributed by atoms with E-state index in [0.717, 1.165) is 12.1 Å². The molecular formula is C25H25N5O3. The lowest BCUT2D eigenvalue weighted by Crippen LogP contribution is -2.54. The van der Waals surface area contributed by atoms with E-state index in [1.807, 2.05) is 35.2 Å². The molecule has 2 aliphatic heterocycles. The van der Waals surface area contributed by atoms with Crippen LogP contribution in [0.25, 0.3) is 0 Å². The van der Waals surface area contributed by atoms with E-state index in [1.54, 1.807) is 35.5 Å². The number of anilines is 2. The molecule has 0 saturated carbocycles. The minimum absolute atomic E-state index is 0.0180. The second kappa shape index (κ2) is 9.38. The number of likely N-dealkylation sites (tertiary alicyclic amines) is 1. The second-order valence-electron chi connectivity index (χ2n) is 8.23. The van der Waals surface area contributed by atoms with Crippen LogP contribution in [0.1, 0.15) is 15.9 Å². The summed E-state index contributed by atoms with van der Waals surface area (Å²) < 4.78 is 5.80. The highest BCUT2D eigenvalue weighted by Gasteiger charge is 2.44. The molecule has 2 aromatic carbocycles. The quantitative estimate of drug-likeness (QED) is 0.630. The summed E-state index contributed by atoms with van der Waals surface area (Å²) in [5.74, 6) is 0.367. The summed E-state index contributed by atoms with van der Waals surface area (Å²) in [6, 6.07) is 19.0. The second-order valence-corrected chi connectivity index (χ2v) is 8.23. The number of carbonyl (C=O) groups excluding carboxylic acids is 2. The van der Waals surface area contributed by atoms with Gasteiger partial charge in [0.05, 0.1) is 12.1 Å². The number of morpholine rings is 1. The summed E-state index contributed by atoms with van der Waals surface area (Å²) >= 11 is 0. The maximum absolute atomic E-state index is 13.3. The van der Waals surface area contributed by atoms with Gasteiger partial charge in [0.25, 0.3) is 5.91 Å². The van der Waals surface area contributed by atoms with Gasteiger partial charge < -0.3 is 19.9 Å². The summed E-state index contributed by atoms with van der Waals surface area (Å²) in [7, 11) is 0. The van der Waals surface area contributed by atoms with Crippen LogP contribution in [0.2, 0.25) is 0 Å². The van der Waals surface area contributed by atoms with Crippen molar-refractivity contribution >= 4 is 23.5 Å². The molecule has 2 atom stereocenters. The normalized spacial score (nSPS) is 19.9. The van der Waals surface area contributed by atoms with Gasteiger partial charge in [0.1, 0.15) is 6.61 Å². The fraction of sp³-hybridized carbons (Fsp3) is 0.280. The summed E-state index contributed by atoms with van der Waals surface area (Å²) in [5.41, 5.74) is 2.49. The van der Waals surface area contributed by atoms with E-state index in [2.05, 4.69) is 27.4 Å². The third kappa shape index (κ3) is 4.70. The zero-order valence-corrected chi connectivity index (χ0v) is 18.1. The Bertz CT molecular complexity index is 1130. The van der Waals surface area contributed by atoms with Crippen LogP contribution in [0.5, 0.6) is 0 Å². The van der Waals surface area contributed by atoms with Crippen LogP contribution in [0.4, 0.5) is 11.6 Å². The van der Waals surface area contributed by atoms with E-state index >= 15 is 0 Å². The van der Waals surface area contributed by atoms with Crippen molar-refractivity contribution < 1.29 is 14.3 Å². The molecule has 1 aromatic heterocycles. The average molecular weight is 444 g/mol. The third-order valence-electron chi connectivity index (χ3n) is 6.08. The molecule has 0 spiro atoms. The number of aromatic nitrogens is 2. The Morgan fingerprint density at radius 2 is 1.85 bits per heavy atom. The van der Waals surface area contributed by atoms with Crippen LogP contribution in [0.15, 0.2) is 73.1 Å². The monoisotopic (exact) mass is 443 g/mol. The molecule has 8 nitrogen and oxygen atoms in total. The minimum Gasteiger partial charge on any atom is -0.364 e. The van der Waals surface area contributed by atoms with Gasteiger partial charge in [-0.3, -0.25) is 9.59 Å². The first-order valence-corrected chi connectivity index (χ1v) is 11.1. The van der Waals surface area contributed by atoms with Crippen molar-refractivity contribution in [2.24, 2.45) is 0 Å². The largest absolute Gasteiger partial charge is 0.364 e. The summed E-state index contributed by atoms with van der Waals surface area (Å²) in [6.45, 7) is 1.61. The molecule has 0 bridgehead atoms. The molecule has 3 aromatic rings. The van der Waals surface area contributed by atoms with Crippen molar-refractivity contribution in [3.63, 3.8) is 0 Å². The predicted molar refractivity (Wildman–Crippen MR) is 123 cm³/mol. The Labute approximate surface area is 192 Å². The molecule has 5 rings (SSSR count). The lowest BCUT2D eigenvalue weighted by Gasteiger charge is -2.36. The Balaban J connectivity index is 1.27. The van der Waals surface area contributed by atoms with Crippen molar-refractivity contribution in [3.8, 4) is 0 Å². The number of hydrogen-bond donors (Lipinski definition) is 1. The third-order valence-corrected chi connectivity index (χ3v) is 6.08. The Morgan fingerprint density at radius 3 is 2.67 bits per heavy atom. The van der Waals surface area contributed by atoms with E-state index in [9.17, 15) is 9.59 Å². The molecule has 2 fully saturated rings. The fourth-order valence-electron chi connectivity index (χ4n) is 4.42. The number of benzene rings is 2. The van der Waals surface area contributed by atoms with Gasteiger partial charge in [-0.15, -0.1) is 0 Å². The summed E-state index contributed by atoms with van der Waals surface area (Å²) in [4.78, 5) is 37.9. The van der Waals surface area contributed by atoms with Gasteiger partial charge in [0, 0.05) is 43.3 Å². The van der Waals surface area contributed by atoms with Gasteiger partial charge in [-0.05, 0) is 36.2 Å². The lowest BCUT2D eigenvalue weighted by atomic mass is 10.1. The number of ether oxygens (including phenoxy) is 1. The van der Waals surface area contributed by atoms with E-state index in [4.69, 9.17) is 4.74 Å². The van der Waals surface area contributed by atoms with Crippen LogP contribution >= 0.6 is 0 Å². The van der Waals surface area contributed by atoms with Crippen LogP contribution < -0.4 is 5.32 Å². The van der Waals surface area contributed by atoms with Gasteiger partial charge in [0.15, 0.2) is 0 Å². The van der Waals surface area contributed by atoms with Gasteiger partial charge in [-0.2, -0.15) is 0 Å². The zero-order chi connectivity index (χ0) is 22.6. The number of nitrogens with one attached hydrogen (secondary N) is 1. The number of hydrogen-bond acceptors (Lipinski definition) is 6. The molecule has 8 heteroatoms. The van der Waals surface area contributed by atoms with E-state index in [0.29, 0.717) is 31.1 Å². The molecule has 2 amide bonds. The highest BCUT2D eigenvalue weighted by Crippen LogP contribution is 2.26. The first-order chi connectivity index (χ1) is 16.2. The summed E-state index contributed by atoms with van der Waals surface area (Å²) in [5, 5.41) is 3.11. The fourth-order valence-corrected chi connectivity index (χ4v) is 4.42. The molecule has 0 unspecified atom stereocenters. The number of amides is 2. The number of fused-ring (bicyclic) bond motifs is 1. The molecule has 2 aliphatic rings.